The van der Waals surface area contributed by atoms with Gasteiger partial charge >= 0.3 is 0 Å². The van der Waals surface area contributed by atoms with Crippen molar-refractivity contribution in [3.8, 4) is 0 Å². The predicted octanol–water partition coefficient (Wildman–Crippen LogP) is 4.36. The smallest absolute Gasteiger partial charge is 0.243 e. The van der Waals surface area contributed by atoms with Gasteiger partial charge in [-0.05, 0) is 42.9 Å². The molecule has 0 aromatic heterocycles. The van der Waals surface area contributed by atoms with Crippen molar-refractivity contribution in [1.29, 1.82) is 0 Å². The Balaban J connectivity index is 1.73. The maximum atomic E-state index is 12.5. The first-order valence-corrected chi connectivity index (χ1v) is 12.5. The first-order chi connectivity index (χ1) is 13.4. The van der Waals surface area contributed by atoms with Gasteiger partial charge in [0, 0.05) is 5.69 Å². The fraction of sp³-hybridized carbons (Fsp3) is 0.682. The number of rotatable bonds is 8. The minimum Gasteiger partial charge on any atom is -0.388 e. The van der Waals surface area contributed by atoms with Gasteiger partial charge in [-0.3, -0.25) is 9.69 Å². The van der Waals surface area contributed by atoms with Crippen molar-refractivity contribution in [1.82, 2.24) is 0 Å². The molecule has 1 saturated carbocycles. The number of nitrogens with zero attached hydrogens (tertiary/aromatic N) is 1. The molecule has 2 fully saturated rings. The van der Waals surface area contributed by atoms with Crippen LogP contribution in [0, 0.1) is 5.92 Å². The summed E-state index contributed by atoms with van der Waals surface area (Å²) in [5.41, 5.74) is 1.47. The summed E-state index contributed by atoms with van der Waals surface area (Å²) in [4.78, 5) is 13.9. The number of hydrogen-bond acceptors (Lipinski definition) is 4. The highest BCUT2D eigenvalue weighted by molar-refractivity contribution is 7.93. The van der Waals surface area contributed by atoms with Crippen LogP contribution in [0.4, 0.5) is 5.69 Å². The normalized spacial score (nSPS) is 23.9. The van der Waals surface area contributed by atoms with E-state index in [1.54, 1.807) is 12.1 Å². The molecule has 156 valence electrons. The topological polar surface area (TPSA) is 74.7 Å². The number of anilines is 1. The molecule has 1 amide bonds. The summed E-state index contributed by atoms with van der Waals surface area (Å²) in [5, 5.41) is 9.92. The summed E-state index contributed by atoms with van der Waals surface area (Å²) >= 11 is 0. The van der Waals surface area contributed by atoms with Crippen molar-refractivity contribution in [2.45, 2.75) is 82.6 Å². The van der Waals surface area contributed by atoms with Gasteiger partial charge in [0.15, 0.2) is 9.84 Å². The number of aliphatic hydroxyl groups is 1. The molecule has 0 radical (unpaired) electrons. The molecule has 6 heteroatoms. The molecule has 1 N–H and O–H groups in total. The van der Waals surface area contributed by atoms with Crippen molar-refractivity contribution in [3.63, 3.8) is 0 Å². The van der Waals surface area contributed by atoms with Crippen LogP contribution in [0.2, 0.25) is 0 Å². The first kappa shape index (κ1) is 21.3. The third-order valence-corrected chi connectivity index (χ3v) is 8.13. The van der Waals surface area contributed by atoms with E-state index in [0.29, 0.717) is 18.0 Å². The van der Waals surface area contributed by atoms with Crippen LogP contribution in [0.5, 0.6) is 0 Å². The van der Waals surface area contributed by atoms with Crippen LogP contribution in [0.25, 0.3) is 0 Å². The number of hydrogen-bond donors (Lipinski definition) is 1. The number of amides is 1. The van der Waals surface area contributed by atoms with Gasteiger partial charge < -0.3 is 5.11 Å². The molecular weight excluding hydrogens is 374 g/mol. The van der Waals surface area contributed by atoms with Crippen molar-refractivity contribution < 1.29 is 18.3 Å². The molecule has 1 aliphatic carbocycles. The van der Waals surface area contributed by atoms with E-state index in [4.69, 9.17) is 0 Å². The van der Waals surface area contributed by atoms with E-state index in [2.05, 4.69) is 6.92 Å². The number of carbonyl (C=O) groups is 1. The van der Waals surface area contributed by atoms with E-state index in [1.165, 1.54) is 24.2 Å². The van der Waals surface area contributed by atoms with Crippen molar-refractivity contribution in [2.75, 3.05) is 10.7 Å². The lowest BCUT2D eigenvalue weighted by Gasteiger charge is -2.28. The second-order valence-corrected chi connectivity index (χ2v) is 10.5. The summed E-state index contributed by atoms with van der Waals surface area (Å²) in [5.74, 6) is -0.460. The van der Waals surface area contributed by atoms with Gasteiger partial charge in [-0.25, -0.2) is 8.42 Å². The summed E-state index contributed by atoms with van der Waals surface area (Å²) in [7, 11) is -3.44. The average molecular weight is 408 g/mol. The summed E-state index contributed by atoms with van der Waals surface area (Å²) in [6.45, 7) is 2.12. The van der Waals surface area contributed by atoms with Crippen LogP contribution in [-0.4, -0.2) is 30.6 Å². The van der Waals surface area contributed by atoms with Gasteiger partial charge in [0.2, 0.25) is 5.91 Å². The van der Waals surface area contributed by atoms with E-state index in [-0.39, 0.29) is 5.91 Å². The van der Waals surface area contributed by atoms with E-state index in [0.717, 1.165) is 44.1 Å². The van der Waals surface area contributed by atoms with Crippen molar-refractivity contribution in [3.05, 3.63) is 29.8 Å². The molecule has 2 unspecified atom stereocenters. The molecule has 0 bridgehead atoms. The van der Waals surface area contributed by atoms with Crippen LogP contribution in [0.3, 0.4) is 0 Å². The van der Waals surface area contributed by atoms with E-state index in [9.17, 15) is 18.3 Å². The number of benzene rings is 1. The number of aliphatic hydroxyl groups excluding tert-OH is 1. The quantitative estimate of drug-likeness (QED) is 0.650. The average Bonchev–Trinajstić information content (AvgIpc) is 2.93. The van der Waals surface area contributed by atoms with Gasteiger partial charge in [0.1, 0.15) is 11.1 Å². The maximum Gasteiger partial charge on any atom is 0.243 e. The van der Waals surface area contributed by atoms with Crippen molar-refractivity contribution in [2.24, 2.45) is 5.92 Å². The Morgan fingerprint density at radius 1 is 1.07 bits per heavy atom. The second-order valence-electron chi connectivity index (χ2n) is 8.31. The minimum atomic E-state index is -3.44. The van der Waals surface area contributed by atoms with Gasteiger partial charge in [-0.15, -0.1) is 0 Å². The summed E-state index contributed by atoms with van der Waals surface area (Å²) < 4.78 is 25.0. The standard InChI is InChI=1S/C22H33NO4S/c1-2-3-4-8-11-21-23(20(24)16-28(21,26)27)19-14-12-18(13-15-19)22(25)17-9-6-5-7-10-17/h12-15,17,21-22,25H,2-11,16H2,1H3. The zero-order valence-corrected chi connectivity index (χ0v) is 17.7. The molecule has 1 aromatic rings. The maximum absolute atomic E-state index is 12.5. The lowest BCUT2D eigenvalue weighted by molar-refractivity contribution is -0.115. The van der Waals surface area contributed by atoms with Crippen LogP contribution >= 0.6 is 0 Å². The van der Waals surface area contributed by atoms with Gasteiger partial charge in [-0.1, -0.05) is 64.0 Å². The lowest BCUT2D eigenvalue weighted by Crippen LogP contribution is -2.35. The molecular formula is C22H33NO4S. The minimum absolute atomic E-state index is 0.291. The van der Waals surface area contributed by atoms with Gasteiger partial charge in [-0.2, -0.15) is 0 Å². The molecule has 28 heavy (non-hydrogen) atoms. The zero-order chi connectivity index (χ0) is 20.1. The fourth-order valence-corrected chi connectivity index (χ4v) is 6.34. The van der Waals surface area contributed by atoms with Gasteiger partial charge in [0.05, 0.1) is 6.10 Å². The van der Waals surface area contributed by atoms with Gasteiger partial charge in [0.25, 0.3) is 0 Å². The van der Waals surface area contributed by atoms with Crippen LogP contribution in [0.15, 0.2) is 24.3 Å². The SMILES string of the molecule is CCCCCCC1N(c2ccc(C(O)C3CCCCC3)cc2)C(=O)CS1(=O)=O. The highest BCUT2D eigenvalue weighted by Crippen LogP contribution is 2.36. The Kier molecular flexibility index (Phi) is 7.15. The molecule has 1 saturated heterocycles. The molecule has 1 heterocycles. The van der Waals surface area contributed by atoms with E-state index in [1.807, 2.05) is 12.1 Å². The molecule has 2 aliphatic rings. The number of carbonyl (C=O) groups excluding carboxylic acids is 1. The van der Waals surface area contributed by atoms with Crippen molar-refractivity contribution >= 4 is 21.4 Å². The Morgan fingerprint density at radius 2 is 1.75 bits per heavy atom. The first-order valence-electron chi connectivity index (χ1n) is 10.8. The zero-order valence-electron chi connectivity index (χ0n) is 16.8. The predicted molar refractivity (Wildman–Crippen MR) is 112 cm³/mol. The lowest BCUT2D eigenvalue weighted by atomic mass is 9.83. The molecule has 3 rings (SSSR count). The highest BCUT2D eigenvalue weighted by atomic mass is 32.2. The molecule has 1 aliphatic heterocycles. The highest BCUT2D eigenvalue weighted by Gasteiger charge is 2.44. The Bertz CT molecular complexity index is 753. The summed E-state index contributed by atoms with van der Waals surface area (Å²) in [6.07, 6.45) is 9.62. The number of unbranched alkanes of at least 4 members (excludes halogenated alkanes) is 3. The molecule has 5 nitrogen and oxygen atoms in total. The fourth-order valence-electron chi connectivity index (χ4n) is 4.58. The third-order valence-electron chi connectivity index (χ3n) is 6.21. The number of sulfone groups is 1. The Labute approximate surface area is 169 Å². The van der Waals surface area contributed by atoms with Crippen LogP contribution in [-0.2, 0) is 14.6 Å². The van der Waals surface area contributed by atoms with E-state index >= 15 is 0 Å². The molecule has 0 spiro atoms. The van der Waals surface area contributed by atoms with Crippen LogP contribution in [0.1, 0.15) is 82.8 Å². The van der Waals surface area contributed by atoms with Crippen LogP contribution < -0.4 is 4.90 Å². The van der Waals surface area contributed by atoms with E-state index < -0.39 is 27.1 Å². The second kappa shape index (κ2) is 9.40. The third kappa shape index (κ3) is 4.77. The Morgan fingerprint density at radius 3 is 2.39 bits per heavy atom. The Hall–Kier alpha value is -1.40. The largest absolute Gasteiger partial charge is 0.388 e. The summed E-state index contributed by atoms with van der Waals surface area (Å²) in [6, 6.07) is 7.28. The molecule has 2 atom stereocenters. The monoisotopic (exact) mass is 407 g/mol. The molecule has 1 aromatic carbocycles.